The van der Waals surface area contributed by atoms with Crippen LogP contribution in [0.4, 0.5) is 0 Å². The average Bonchev–Trinajstić information content (AvgIpc) is 2.96. The summed E-state index contributed by atoms with van der Waals surface area (Å²) in [6, 6.07) is 2.74. The number of carbonyl (C=O) groups is 1. The van der Waals surface area contributed by atoms with E-state index in [0.29, 0.717) is 24.4 Å². The molecule has 17 heavy (non-hydrogen) atoms. The van der Waals surface area contributed by atoms with Crippen LogP contribution in [0.3, 0.4) is 0 Å². The van der Waals surface area contributed by atoms with Gasteiger partial charge in [0.25, 0.3) is 0 Å². The highest BCUT2D eigenvalue weighted by Gasteiger charge is 2.41. The van der Waals surface area contributed by atoms with Gasteiger partial charge in [0, 0.05) is 44.8 Å². The Kier molecular flexibility index (Phi) is 2.63. The van der Waals surface area contributed by atoms with E-state index in [0.717, 1.165) is 31.6 Å². The number of fused-ring (bicyclic) bond motifs is 1. The molecule has 1 aromatic heterocycles. The summed E-state index contributed by atoms with van der Waals surface area (Å²) in [5, 5.41) is 7.81. The second-order valence-corrected chi connectivity index (χ2v) is 4.97. The summed E-state index contributed by atoms with van der Waals surface area (Å²) in [6.45, 7) is 1.70. The van der Waals surface area contributed by atoms with Crippen molar-refractivity contribution in [2.24, 2.45) is 7.05 Å². The van der Waals surface area contributed by atoms with Crippen LogP contribution in [0.1, 0.15) is 25.0 Å². The maximum Gasteiger partial charge on any atom is 0.224 e. The van der Waals surface area contributed by atoms with Crippen LogP contribution >= 0.6 is 0 Å². The fourth-order valence-corrected chi connectivity index (χ4v) is 2.96. The first-order valence-electron chi connectivity index (χ1n) is 6.25. The topological polar surface area (TPSA) is 50.2 Å². The molecule has 92 valence electrons. The summed E-state index contributed by atoms with van der Waals surface area (Å²) < 4.78 is 1.80. The Labute approximate surface area is 101 Å². The van der Waals surface area contributed by atoms with Gasteiger partial charge in [0.1, 0.15) is 0 Å². The lowest BCUT2D eigenvalue weighted by Crippen LogP contribution is -2.39. The van der Waals surface area contributed by atoms with E-state index in [-0.39, 0.29) is 0 Å². The number of hydrogen-bond acceptors (Lipinski definition) is 3. The largest absolute Gasteiger partial charge is 0.338 e. The molecule has 0 aromatic carbocycles. The number of carbonyl (C=O) groups excluding carboxylic acids is 1. The summed E-state index contributed by atoms with van der Waals surface area (Å²) in [6.07, 6.45) is 4.89. The van der Waals surface area contributed by atoms with Crippen LogP contribution in [0, 0.1) is 0 Å². The molecule has 2 atom stereocenters. The van der Waals surface area contributed by atoms with E-state index in [1.807, 2.05) is 24.2 Å². The van der Waals surface area contributed by atoms with Crippen LogP contribution in [0.25, 0.3) is 0 Å². The van der Waals surface area contributed by atoms with Crippen molar-refractivity contribution < 1.29 is 4.79 Å². The van der Waals surface area contributed by atoms with Gasteiger partial charge in [-0.2, -0.15) is 5.10 Å². The first-order valence-corrected chi connectivity index (χ1v) is 6.25. The highest BCUT2D eigenvalue weighted by Crippen LogP contribution is 2.29. The molecular formula is C12H18N4O. The molecule has 0 bridgehead atoms. The van der Waals surface area contributed by atoms with Crippen LogP contribution in [0.2, 0.25) is 0 Å². The van der Waals surface area contributed by atoms with Gasteiger partial charge in [-0.1, -0.05) is 0 Å². The van der Waals surface area contributed by atoms with E-state index in [1.54, 1.807) is 4.68 Å². The maximum atomic E-state index is 11.7. The summed E-state index contributed by atoms with van der Waals surface area (Å²) in [4.78, 5) is 13.8. The van der Waals surface area contributed by atoms with Crippen LogP contribution in [0.5, 0.6) is 0 Å². The second kappa shape index (κ2) is 4.14. The van der Waals surface area contributed by atoms with E-state index in [2.05, 4.69) is 10.4 Å². The van der Waals surface area contributed by atoms with Gasteiger partial charge in [0.2, 0.25) is 5.91 Å². The molecule has 2 fully saturated rings. The number of aromatic nitrogens is 2. The van der Waals surface area contributed by atoms with Crippen molar-refractivity contribution in [2.75, 3.05) is 6.54 Å². The Bertz CT molecular complexity index is 428. The average molecular weight is 234 g/mol. The zero-order valence-corrected chi connectivity index (χ0v) is 10.1. The third kappa shape index (κ3) is 1.95. The third-order valence-electron chi connectivity index (χ3n) is 3.79. The smallest absolute Gasteiger partial charge is 0.224 e. The number of aryl methyl sites for hydroxylation is 1. The van der Waals surface area contributed by atoms with Gasteiger partial charge in [-0.05, 0) is 18.9 Å². The van der Waals surface area contributed by atoms with Crippen LogP contribution in [-0.2, 0) is 18.4 Å². The molecule has 2 saturated heterocycles. The molecule has 2 aliphatic heterocycles. The molecule has 0 aliphatic carbocycles. The fourth-order valence-electron chi connectivity index (χ4n) is 2.96. The van der Waals surface area contributed by atoms with Crippen LogP contribution < -0.4 is 5.32 Å². The zero-order chi connectivity index (χ0) is 11.8. The summed E-state index contributed by atoms with van der Waals surface area (Å²) >= 11 is 0. The molecule has 0 spiro atoms. The Morgan fingerprint density at radius 1 is 1.59 bits per heavy atom. The third-order valence-corrected chi connectivity index (χ3v) is 3.79. The van der Waals surface area contributed by atoms with E-state index in [9.17, 15) is 4.79 Å². The first-order chi connectivity index (χ1) is 8.24. The van der Waals surface area contributed by atoms with Gasteiger partial charge < -0.3 is 10.2 Å². The molecule has 2 unspecified atom stereocenters. The minimum Gasteiger partial charge on any atom is -0.338 e. The van der Waals surface area contributed by atoms with Crippen molar-refractivity contribution in [3.8, 4) is 0 Å². The summed E-state index contributed by atoms with van der Waals surface area (Å²) in [7, 11) is 1.92. The van der Waals surface area contributed by atoms with Crippen molar-refractivity contribution in [1.82, 2.24) is 20.0 Å². The zero-order valence-electron chi connectivity index (χ0n) is 10.1. The number of nitrogens with one attached hydrogen (secondary N) is 1. The molecule has 5 nitrogen and oxygen atoms in total. The minimum atomic E-state index is 0.311. The van der Waals surface area contributed by atoms with Gasteiger partial charge in [-0.25, -0.2) is 0 Å². The Morgan fingerprint density at radius 3 is 3.24 bits per heavy atom. The molecule has 3 heterocycles. The van der Waals surface area contributed by atoms with E-state index in [1.165, 1.54) is 0 Å². The van der Waals surface area contributed by atoms with Crippen LogP contribution in [-0.4, -0.2) is 39.2 Å². The second-order valence-electron chi connectivity index (χ2n) is 4.97. The summed E-state index contributed by atoms with van der Waals surface area (Å²) in [5.41, 5.74) is 1.04. The molecule has 5 heteroatoms. The predicted octanol–water partition coefficient (Wildman–Crippen LogP) is 0.273. The van der Waals surface area contributed by atoms with Gasteiger partial charge >= 0.3 is 0 Å². The Balaban J connectivity index is 1.60. The molecule has 2 aliphatic rings. The van der Waals surface area contributed by atoms with Gasteiger partial charge in [-0.3, -0.25) is 9.48 Å². The predicted molar refractivity (Wildman–Crippen MR) is 63.2 cm³/mol. The van der Waals surface area contributed by atoms with Crippen LogP contribution in [0.15, 0.2) is 12.3 Å². The number of rotatable bonds is 3. The van der Waals surface area contributed by atoms with Crippen molar-refractivity contribution in [3.63, 3.8) is 0 Å². The number of hydrogen-bond donors (Lipinski definition) is 1. The molecule has 0 saturated carbocycles. The van der Waals surface area contributed by atoms with Gasteiger partial charge in [-0.15, -0.1) is 0 Å². The number of amides is 1. The maximum absolute atomic E-state index is 11.7. The molecular weight excluding hydrogens is 216 g/mol. The van der Waals surface area contributed by atoms with Crippen molar-refractivity contribution in [3.05, 3.63) is 18.0 Å². The molecule has 0 radical (unpaired) electrons. The Morgan fingerprint density at radius 2 is 2.47 bits per heavy atom. The SMILES string of the molecule is Cn1ccc(CNC2CC(=O)N3CCCC23)n1. The van der Waals surface area contributed by atoms with E-state index >= 15 is 0 Å². The lowest BCUT2D eigenvalue weighted by molar-refractivity contribution is -0.127. The Hall–Kier alpha value is -1.36. The minimum absolute atomic E-state index is 0.311. The molecule has 1 amide bonds. The number of nitrogens with zero attached hydrogens (tertiary/aromatic N) is 3. The molecule has 1 aromatic rings. The first kappa shape index (κ1) is 10.8. The highest BCUT2D eigenvalue weighted by atomic mass is 16.2. The van der Waals surface area contributed by atoms with Crippen molar-refractivity contribution in [1.29, 1.82) is 0 Å². The quantitative estimate of drug-likeness (QED) is 0.817. The highest BCUT2D eigenvalue weighted by molar-refractivity contribution is 5.80. The van der Waals surface area contributed by atoms with E-state index in [4.69, 9.17) is 0 Å². The lowest BCUT2D eigenvalue weighted by atomic mass is 10.1. The molecule has 1 N–H and O–H groups in total. The van der Waals surface area contributed by atoms with Crippen molar-refractivity contribution >= 4 is 5.91 Å². The molecule has 3 rings (SSSR count). The van der Waals surface area contributed by atoms with Crippen molar-refractivity contribution in [2.45, 2.75) is 37.9 Å². The standard InChI is InChI=1S/C12H18N4O/c1-15-6-4-9(14-15)8-13-10-7-12(17)16-5-2-3-11(10)16/h4,6,10-11,13H,2-3,5,7-8H2,1H3. The van der Waals surface area contributed by atoms with Gasteiger partial charge in [0.15, 0.2) is 0 Å². The summed E-state index contributed by atoms with van der Waals surface area (Å²) in [5.74, 6) is 0.311. The van der Waals surface area contributed by atoms with Gasteiger partial charge in [0.05, 0.1) is 5.69 Å². The lowest BCUT2D eigenvalue weighted by Gasteiger charge is -2.20. The van der Waals surface area contributed by atoms with E-state index < -0.39 is 0 Å². The normalized spacial score (nSPS) is 27.8. The monoisotopic (exact) mass is 234 g/mol. The fraction of sp³-hybridized carbons (Fsp3) is 0.667.